The largest absolute Gasteiger partial charge is 0.294 e. The van der Waals surface area contributed by atoms with E-state index in [1.54, 1.807) is 4.68 Å². The zero-order valence-corrected chi connectivity index (χ0v) is 9.47. The van der Waals surface area contributed by atoms with Crippen LogP contribution in [0.4, 0.5) is 0 Å². The zero-order chi connectivity index (χ0) is 11.5. The molecule has 0 aliphatic carbocycles. The Bertz CT molecular complexity index is 497. The summed E-state index contributed by atoms with van der Waals surface area (Å²) in [5, 5.41) is 4.19. The monoisotopic (exact) mass is 214 g/mol. The average molecular weight is 214 g/mol. The summed E-state index contributed by atoms with van der Waals surface area (Å²) in [6.45, 7) is 2.01. The fourth-order valence-electron chi connectivity index (χ4n) is 1.56. The van der Waals surface area contributed by atoms with E-state index >= 15 is 0 Å². The molecule has 0 saturated carbocycles. The smallest absolute Gasteiger partial charge is 0.168 e. The molecule has 3 heteroatoms. The van der Waals surface area contributed by atoms with E-state index in [-0.39, 0.29) is 5.78 Å². The zero-order valence-electron chi connectivity index (χ0n) is 9.47. The van der Waals surface area contributed by atoms with Gasteiger partial charge in [-0.2, -0.15) is 5.10 Å². The first-order chi connectivity index (χ1) is 7.65. The molecule has 0 aliphatic rings. The molecule has 1 aromatic carbocycles. The second kappa shape index (κ2) is 4.31. The molecule has 0 fully saturated rings. The summed E-state index contributed by atoms with van der Waals surface area (Å²) in [6.07, 6.45) is 2.21. The van der Waals surface area contributed by atoms with Crippen LogP contribution < -0.4 is 0 Å². The van der Waals surface area contributed by atoms with Gasteiger partial charge in [-0.05, 0) is 13.0 Å². The number of rotatable bonds is 3. The molecule has 0 bridgehead atoms. The SMILES string of the molecule is Cc1ccc(C(=O)Cc2ccn(C)n2)cc1. The summed E-state index contributed by atoms with van der Waals surface area (Å²) in [5.41, 5.74) is 2.72. The molecule has 0 spiro atoms. The van der Waals surface area contributed by atoms with Crippen LogP contribution in [0, 0.1) is 6.92 Å². The minimum atomic E-state index is 0.110. The molecule has 1 aromatic heterocycles. The van der Waals surface area contributed by atoms with E-state index in [9.17, 15) is 4.79 Å². The van der Waals surface area contributed by atoms with Crippen molar-refractivity contribution in [3.63, 3.8) is 0 Å². The molecule has 0 N–H and O–H groups in total. The van der Waals surface area contributed by atoms with Gasteiger partial charge in [0, 0.05) is 18.8 Å². The van der Waals surface area contributed by atoms with Gasteiger partial charge in [-0.15, -0.1) is 0 Å². The van der Waals surface area contributed by atoms with Crippen LogP contribution in [-0.4, -0.2) is 15.6 Å². The van der Waals surface area contributed by atoms with Crippen molar-refractivity contribution in [3.8, 4) is 0 Å². The number of hydrogen-bond acceptors (Lipinski definition) is 2. The maximum Gasteiger partial charge on any atom is 0.168 e. The second-order valence-corrected chi connectivity index (χ2v) is 3.95. The highest BCUT2D eigenvalue weighted by Gasteiger charge is 2.08. The molecule has 3 nitrogen and oxygen atoms in total. The molecule has 0 saturated heterocycles. The minimum Gasteiger partial charge on any atom is -0.294 e. The van der Waals surface area contributed by atoms with Crippen LogP contribution in [0.5, 0.6) is 0 Å². The Kier molecular flexibility index (Phi) is 2.86. The fraction of sp³-hybridized carbons (Fsp3) is 0.231. The summed E-state index contributed by atoms with van der Waals surface area (Å²) >= 11 is 0. The maximum atomic E-state index is 11.9. The van der Waals surface area contributed by atoms with E-state index < -0.39 is 0 Å². The minimum absolute atomic E-state index is 0.110. The van der Waals surface area contributed by atoms with Gasteiger partial charge < -0.3 is 0 Å². The third-order valence-electron chi connectivity index (χ3n) is 2.48. The predicted octanol–water partition coefficient (Wildman–Crippen LogP) is 2.15. The highest BCUT2D eigenvalue weighted by molar-refractivity contribution is 5.97. The number of aryl methyl sites for hydroxylation is 2. The van der Waals surface area contributed by atoms with Gasteiger partial charge in [-0.25, -0.2) is 0 Å². The summed E-state index contributed by atoms with van der Waals surface area (Å²) in [5.74, 6) is 0.110. The molecule has 82 valence electrons. The number of hydrogen-bond donors (Lipinski definition) is 0. The topological polar surface area (TPSA) is 34.9 Å². The van der Waals surface area contributed by atoms with E-state index in [2.05, 4.69) is 5.10 Å². The van der Waals surface area contributed by atoms with E-state index in [1.807, 2.05) is 50.5 Å². The van der Waals surface area contributed by atoms with Crippen molar-refractivity contribution in [1.82, 2.24) is 9.78 Å². The van der Waals surface area contributed by atoms with Crippen molar-refractivity contribution in [2.24, 2.45) is 7.05 Å². The normalized spacial score (nSPS) is 10.4. The van der Waals surface area contributed by atoms with Gasteiger partial charge in [0.15, 0.2) is 5.78 Å². The summed E-state index contributed by atoms with van der Waals surface area (Å²) < 4.78 is 1.71. The summed E-state index contributed by atoms with van der Waals surface area (Å²) in [7, 11) is 1.85. The van der Waals surface area contributed by atoms with E-state index in [1.165, 1.54) is 0 Å². The lowest BCUT2D eigenvalue weighted by Gasteiger charge is -1.99. The number of carbonyl (C=O) groups excluding carboxylic acids is 1. The fourth-order valence-corrected chi connectivity index (χ4v) is 1.56. The molecule has 2 rings (SSSR count). The van der Waals surface area contributed by atoms with Gasteiger partial charge >= 0.3 is 0 Å². The van der Waals surface area contributed by atoms with Crippen molar-refractivity contribution in [2.45, 2.75) is 13.3 Å². The van der Waals surface area contributed by atoms with Crippen LogP contribution in [0.15, 0.2) is 36.5 Å². The lowest BCUT2D eigenvalue weighted by atomic mass is 10.1. The van der Waals surface area contributed by atoms with Crippen molar-refractivity contribution in [2.75, 3.05) is 0 Å². The second-order valence-electron chi connectivity index (χ2n) is 3.95. The van der Waals surface area contributed by atoms with Gasteiger partial charge in [-0.3, -0.25) is 9.48 Å². The predicted molar refractivity (Wildman–Crippen MR) is 62.4 cm³/mol. The Balaban J connectivity index is 2.11. The lowest BCUT2D eigenvalue weighted by molar-refractivity contribution is 0.0992. The Hall–Kier alpha value is -1.90. The highest BCUT2D eigenvalue weighted by atomic mass is 16.1. The maximum absolute atomic E-state index is 11.9. The third kappa shape index (κ3) is 2.37. The lowest BCUT2D eigenvalue weighted by Crippen LogP contribution is -2.04. The molecular formula is C13H14N2O. The Morgan fingerprint density at radius 2 is 1.94 bits per heavy atom. The molecule has 0 atom stereocenters. The number of aromatic nitrogens is 2. The number of ketones is 1. The third-order valence-corrected chi connectivity index (χ3v) is 2.48. The van der Waals surface area contributed by atoms with Crippen LogP contribution in [0.2, 0.25) is 0 Å². The molecule has 2 aromatic rings. The Morgan fingerprint density at radius 3 is 2.50 bits per heavy atom. The summed E-state index contributed by atoms with van der Waals surface area (Å²) in [6, 6.07) is 9.49. The Morgan fingerprint density at radius 1 is 1.25 bits per heavy atom. The number of benzene rings is 1. The number of carbonyl (C=O) groups is 1. The standard InChI is InChI=1S/C13H14N2O/c1-10-3-5-11(6-4-10)13(16)9-12-7-8-15(2)14-12/h3-8H,9H2,1-2H3. The summed E-state index contributed by atoms with van der Waals surface area (Å²) in [4.78, 5) is 11.9. The van der Waals surface area contributed by atoms with Crippen molar-refractivity contribution in [1.29, 1.82) is 0 Å². The molecule has 0 radical (unpaired) electrons. The van der Waals surface area contributed by atoms with Gasteiger partial charge in [0.05, 0.1) is 12.1 Å². The Labute approximate surface area is 94.7 Å². The van der Waals surface area contributed by atoms with Crippen molar-refractivity contribution in [3.05, 3.63) is 53.3 Å². The number of Topliss-reactive ketones (excluding diaryl/α,β-unsaturated/α-hetero) is 1. The van der Waals surface area contributed by atoms with Crippen LogP contribution in [0.3, 0.4) is 0 Å². The molecule has 0 amide bonds. The first-order valence-corrected chi connectivity index (χ1v) is 5.23. The molecule has 1 heterocycles. The molecular weight excluding hydrogens is 200 g/mol. The quantitative estimate of drug-likeness (QED) is 0.734. The van der Waals surface area contributed by atoms with Crippen LogP contribution in [-0.2, 0) is 13.5 Å². The van der Waals surface area contributed by atoms with Crippen LogP contribution in [0.25, 0.3) is 0 Å². The van der Waals surface area contributed by atoms with E-state index in [0.717, 1.165) is 16.8 Å². The van der Waals surface area contributed by atoms with Gasteiger partial charge in [0.1, 0.15) is 0 Å². The molecule has 16 heavy (non-hydrogen) atoms. The van der Waals surface area contributed by atoms with Gasteiger partial charge in [0.25, 0.3) is 0 Å². The average Bonchev–Trinajstić information content (AvgIpc) is 2.65. The van der Waals surface area contributed by atoms with Crippen molar-refractivity contribution >= 4 is 5.78 Å². The van der Waals surface area contributed by atoms with Gasteiger partial charge in [-0.1, -0.05) is 29.8 Å². The van der Waals surface area contributed by atoms with Gasteiger partial charge in [0.2, 0.25) is 0 Å². The molecule has 0 aliphatic heterocycles. The molecule has 0 unspecified atom stereocenters. The van der Waals surface area contributed by atoms with E-state index in [4.69, 9.17) is 0 Å². The van der Waals surface area contributed by atoms with Crippen molar-refractivity contribution < 1.29 is 4.79 Å². The van der Waals surface area contributed by atoms with E-state index in [0.29, 0.717) is 6.42 Å². The first-order valence-electron chi connectivity index (χ1n) is 5.23. The first kappa shape index (κ1) is 10.6. The highest BCUT2D eigenvalue weighted by Crippen LogP contribution is 2.07. The number of nitrogens with zero attached hydrogens (tertiary/aromatic N) is 2. The van der Waals surface area contributed by atoms with Crippen LogP contribution >= 0.6 is 0 Å². The van der Waals surface area contributed by atoms with Crippen LogP contribution in [0.1, 0.15) is 21.6 Å².